The largest absolute Gasteiger partial charge is 0.464 e. The van der Waals surface area contributed by atoms with Crippen molar-refractivity contribution in [2.45, 2.75) is 45.1 Å². The molecule has 0 aromatic rings. The number of hydrogen-bond acceptors (Lipinski definition) is 3. The second kappa shape index (κ2) is 6.30. The van der Waals surface area contributed by atoms with Crippen LogP contribution < -0.4 is 0 Å². The van der Waals surface area contributed by atoms with Gasteiger partial charge in [0.05, 0.1) is 5.92 Å². The van der Waals surface area contributed by atoms with Gasteiger partial charge < -0.3 is 4.74 Å². The molecule has 78 valence electrons. The summed E-state index contributed by atoms with van der Waals surface area (Å²) in [5, 5.41) is 0.982. The lowest BCUT2D eigenvalue weighted by Gasteiger charge is -2.14. The summed E-state index contributed by atoms with van der Waals surface area (Å²) in [5.74, 6) is -0.118. The van der Waals surface area contributed by atoms with Crippen molar-refractivity contribution < 1.29 is 9.53 Å². The van der Waals surface area contributed by atoms with Crippen LogP contribution in [0.3, 0.4) is 0 Å². The van der Waals surface area contributed by atoms with Gasteiger partial charge in [0.1, 0.15) is 6.61 Å². The molecular weight excluding hydrogens is 184 g/mol. The van der Waals surface area contributed by atoms with Crippen LogP contribution >= 0.6 is 11.8 Å². The molecule has 1 atom stereocenters. The van der Waals surface area contributed by atoms with Crippen molar-refractivity contribution in [3.63, 3.8) is 0 Å². The van der Waals surface area contributed by atoms with Crippen LogP contribution in [-0.2, 0) is 9.53 Å². The number of rotatable bonds is 5. The van der Waals surface area contributed by atoms with Gasteiger partial charge in [-0.15, -0.1) is 0 Å². The number of esters is 1. The van der Waals surface area contributed by atoms with Crippen molar-refractivity contribution in [1.82, 2.24) is 0 Å². The van der Waals surface area contributed by atoms with Gasteiger partial charge >= 0.3 is 5.97 Å². The zero-order valence-corrected chi connectivity index (χ0v) is 9.98. The van der Waals surface area contributed by atoms with Crippen LogP contribution in [0.4, 0.5) is 0 Å². The summed E-state index contributed by atoms with van der Waals surface area (Å²) in [4.78, 5) is 11.1. The molecule has 0 amide bonds. The van der Waals surface area contributed by atoms with Crippen molar-refractivity contribution in [3.05, 3.63) is 0 Å². The van der Waals surface area contributed by atoms with Crippen LogP contribution in [-0.4, -0.2) is 23.1 Å². The van der Waals surface area contributed by atoms with Crippen LogP contribution in [0, 0.1) is 5.92 Å². The van der Waals surface area contributed by atoms with Gasteiger partial charge in [0.15, 0.2) is 0 Å². The Hall–Kier alpha value is -0.180. The molecule has 0 spiro atoms. The molecule has 0 aliphatic rings. The smallest absolute Gasteiger partial charge is 0.308 e. The van der Waals surface area contributed by atoms with Crippen molar-refractivity contribution in [1.29, 1.82) is 0 Å². The standard InChI is InChI=1S/C10H20O2S/c1-7(2)10(11)12-6-9(5)13-8(3)4/h7-9H,6H2,1-5H3. The van der Waals surface area contributed by atoms with E-state index in [2.05, 4.69) is 20.8 Å². The van der Waals surface area contributed by atoms with E-state index in [1.807, 2.05) is 25.6 Å². The average molecular weight is 204 g/mol. The van der Waals surface area contributed by atoms with E-state index in [4.69, 9.17) is 4.74 Å². The van der Waals surface area contributed by atoms with Gasteiger partial charge in [-0.1, -0.05) is 27.7 Å². The molecule has 0 bridgehead atoms. The first-order valence-electron chi connectivity index (χ1n) is 4.75. The van der Waals surface area contributed by atoms with Crippen molar-refractivity contribution in [2.24, 2.45) is 5.92 Å². The highest BCUT2D eigenvalue weighted by atomic mass is 32.2. The van der Waals surface area contributed by atoms with Crippen molar-refractivity contribution in [3.8, 4) is 0 Å². The summed E-state index contributed by atoms with van der Waals surface area (Å²) < 4.78 is 5.11. The quantitative estimate of drug-likeness (QED) is 0.644. The first kappa shape index (κ1) is 12.8. The molecule has 0 fully saturated rings. The summed E-state index contributed by atoms with van der Waals surface area (Å²) in [7, 11) is 0. The molecule has 0 rings (SSSR count). The van der Waals surface area contributed by atoms with Gasteiger partial charge in [-0.25, -0.2) is 0 Å². The van der Waals surface area contributed by atoms with Gasteiger partial charge in [0.25, 0.3) is 0 Å². The fourth-order valence-electron chi connectivity index (χ4n) is 0.870. The summed E-state index contributed by atoms with van der Waals surface area (Å²) in [6.45, 7) is 10.6. The van der Waals surface area contributed by atoms with Crippen LogP contribution in [0.1, 0.15) is 34.6 Å². The fourth-order valence-corrected chi connectivity index (χ4v) is 1.95. The Labute approximate surface area is 85.4 Å². The second-order valence-electron chi connectivity index (χ2n) is 3.78. The fraction of sp³-hybridized carbons (Fsp3) is 0.900. The molecule has 0 aliphatic carbocycles. The average Bonchev–Trinajstić information content (AvgIpc) is 1.98. The van der Waals surface area contributed by atoms with E-state index in [0.29, 0.717) is 17.1 Å². The lowest BCUT2D eigenvalue weighted by Crippen LogP contribution is -2.18. The van der Waals surface area contributed by atoms with E-state index >= 15 is 0 Å². The second-order valence-corrected chi connectivity index (χ2v) is 5.80. The first-order chi connectivity index (χ1) is 5.93. The lowest BCUT2D eigenvalue weighted by molar-refractivity contribution is -0.147. The van der Waals surface area contributed by atoms with Crippen LogP contribution in [0.15, 0.2) is 0 Å². The lowest BCUT2D eigenvalue weighted by atomic mass is 10.2. The minimum absolute atomic E-state index is 0.0174. The Kier molecular flexibility index (Phi) is 6.21. The van der Waals surface area contributed by atoms with Crippen LogP contribution in [0.5, 0.6) is 0 Å². The predicted octanol–water partition coefficient (Wildman–Crippen LogP) is 2.72. The van der Waals surface area contributed by atoms with E-state index < -0.39 is 0 Å². The van der Waals surface area contributed by atoms with Crippen molar-refractivity contribution >= 4 is 17.7 Å². The molecule has 1 unspecified atom stereocenters. The van der Waals surface area contributed by atoms with Gasteiger partial charge in [-0.05, 0) is 12.2 Å². The maximum atomic E-state index is 11.1. The minimum Gasteiger partial charge on any atom is -0.464 e. The molecule has 0 aromatic carbocycles. The number of ether oxygens (including phenoxy) is 1. The Morgan fingerprint density at radius 2 is 1.77 bits per heavy atom. The molecular formula is C10H20O2S. The van der Waals surface area contributed by atoms with E-state index in [1.165, 1.54) is 0 Å². The number of thioether (sulfide) groups is 1. The van der Waals surface area contributed by atoms with Crippen molar-refractivity contribution in [2.75, 3.05) is 6.61 Å². The highest BCUT2D eigenvalue weighted by molar-refractivity contribution is 8.00. The monoisotopic (exact) mass is 204 g/mol. The Morgan fingerprint density at radius 1 is 1.23 bits per heavy atom. The summed E-state index contributed by atoms with van der Waals surface area (Å²) in [6, 6.07) is 0. The first-order valence-corrected chi connectivity index (χ1v) is 5.69. The van der Waals surface area contributed by atoms with E-state index in [0.717, 1.165) is 0 Å². The zero-order chi connectivity index (χ0) is 10.4. The third-order valence-corrected chi connectivity index (χ3v) is 2.58. The number of hydrogen-bond donors (Lipinski definition) is 0. The van der Waals surface area contributed by atoms with E-state index in [-0.39, 0.29) is 11.9 Å². The van der Waals surface area contributed by atoms with E-state index in [9.17, 15) is 4.79 Å². The number of carbonyl (C=O) groups is 1. The molecule has 2 nitrogen and oxygen atoms in total. The van der Waals surface area contributed by atoms with Crippen LogP contribution in [0.2, 0.25) is 0 Å². The Morgan fingerprint density at radius 3 is 2.15 bits per heavy atom. The van der Waals surface area contributed by atoms with Gasteiger partial charge in [0.2, 0.25) is 0 Å². The van der Waals surface area contributed by atoms with Gasteiger partial charge in [-0.2, -0.15) is 11.8 Å². The summed E-state index contributed by atoms with van der Waals surface area (Å²) >= 11 is 1.83. The maximum Gasteiger partial charge on any atom is 0.308 e. The molecule has 0 aliphatic heterocycles. The molecule has 0 heterocycles. The summed E-state index contributed by atoms with van der Waals surface area (Å²) in [5.41, 5.74) is 0. The molecule has 0 saturated carbocycles. The Balaban J connectivity index is 3.58. The third-order valence-electron chi connectivity index (χ3n) is 1.44. The third kappa shape index (κ3) is 6.94. The molecule has 13 heavy (non-hydrogen) atoms. The number of carbonyl (C=O) groups excluding carboxylic acids is 1. The Bertz CT molecular complexity index is 155. The highest BCUT2D eigenvalue weighted by Crippen LogP contribution is 2.17. The maximum absolute atomic E-state index is 11.1. The normalized spacial score (nSPS) is 13.5. The molecule has 0 aromatic heterocycles. The molecule has 3 heteroatoms. The molecule has 0 N–H and O–H groups in total. The van der Waals surface area contributed by atoms with E-state index in [1.54, 1.807) is 0 Å². The molecule has 0 radical (unpaired) electrons. The minimum atomic E-state index is -0.101. The van der Waals surface area contributed by atoms with Crippen LogP contribution in [0.25, 0.3) is 0 Å². The summed E-state index contributed by atoms with van der Waals surface area (Å²) in [6.07, 6.45) is 0. The van der Waals surface area contributed by atoms with Gasteiger partial charge in [0, 0.05) is 5.25 Å². The SMILES string of the molecule is CC(C)SC(C)COC(=O)C(C)C. The highest BCUT2D eigenvalue weighted by Gasteiger charge is 2.11. The molecule has 0 saturated heterocycles. The van der Waals surface area contributed by atoms with Gasteiger partial charge in [-0.3, -0.25) is 4.79 Å². The topological polar surface area (TPSA) is 26.3 Å². The predicted molar refractivity (Wildman–Crippen MR) is 58.0 cm³/mol. The zero-order valence-electron chi connectivity index (χ0n) is 9.16.